The summed E-state index contributed by atoms with van der Waals surface area (Å²) in [6.07, 6.45) is 5.51. The lowest BCUT2D eigenvalue weighted by atomic mass is 10.0. The molecular formula is C42H36N10O2. The van der Waals surface area contributed by atoms with Gasteiger partial charge in [0.1, 0.15) is 23.3 Å². The standard InChI is InChI=1S/C42H36N10O2/c1-23-6-2-4-8-29(23)35-17-28-19-38(52-42(54)32-15-25(32)11-13-44)47-22-34(28)40(50-35)48-20-26-7-3-5-9-30(26)36-16-27-18-37(46-21-33(27)39(45)49-36)51-41(53)31-14-24(31)10-12-43/h2-9,16-19,21-22,24-25,31-32H,10-11,14-15,20H2,1H3,(H2,45,49)(H,48,50)(H,46,51,53)(H,47,52,54)/t24-,25+,31-,32+/m1/s1. The molecule has 266 valence electrons. The monoisotopic (exact) mass is 712 g/mol. The second-order valence-corrected chi connectivity index (χ2v) is 14.1. The van der Waals surface area contributed by atoms with Gasteiger partial charge in [0, 0.05) is 65.5 Å². The number of nitriles is 2. The Bertz CT molecular complexity index is 2560. The van der Waals surface area contributed by atoms with Crippen LogP contribution in [0.5, 0.6) is 0 Å². The summed E-state index contributed by atoms with van der Waals surface area (Å²) in [6, 6.07) is 27.9. The number of pyridine rings is 4. The number of amides is 2. The van der Waals surface area contributed by atoms with Crippen molar-refractivity contribution in [3.8, 4) is 34.7 Å². The van der Waals surface area contributed by atoms with Crippen LogP contribution in [-0.4, -0.2) is 31.8 Å². The van der Waals surface area contributed by atoms with Crippen LogP contribution in [0.25, 0.3) is 44.1 Å². The first kappa shape index (κ1) is 34.2. The summed E-state index contributed by atoms with van der Waals surface area (Å²) in [4.78, 5) is 44.4. The molecule has 2 fully saturated rings. The molecular weight excluding hydrogens is 677 g/mol. The quantitative estimate of drug-likeness (QED) is 0.105. The molecule has 5 N–H and O–H groups in total. The molecule has 12 heteroatoms. The maximum Gasteiger partial charge on any atom is 0.228 e. The van der Waals surface area contributed by atoms with Crippen LogP contribution in [0.1, 0.15) is 36.8 Å². The average molecular weight is 713 g/mol. The molecule has 6 aromatic rings. The number of carbonyl (C=O) groups excluding carboxylic acids is 2. The van der Waals surface area contributed by atoms with Gasteiger partial charge in [-0.2, -0.15) is 10.5 Å². The number of nitrogen functional groups attached to an aromatic ring is 1. The van der Waals surface area contributed by atoms with E-state index < -0.39 is 0 Å². The molecule has 0 spiro atoms. The third-order valence-corrected chi connectivity index (χ3v) is 10.3. The van der Waals surface area contributed by atoms with Crippen LogP contribution in [0.15, 0.2) is 85.2 Å². The third-order valence-electron chi connectivity index (χ3n) is 10.3. The summed E-state index contributed by atoms with van der Waals surface area (Å²) in [5.41, 5.74) is 11.8. The van der Waals surface area contributed by atoms with E-state index in [0.29, 0.717) is 66.6 Å². The summed E-state index contributed by atoms with van der Waals surface area (Å²) < 4.78 is 0. The molecule has 2 aromatic carbocycles. The van der Waals surface area contributed by atoms with Crippen LogP contribution in [0, 0.1) is 53.3 Å². The number of nitrogens with two attached hydrogens (primary N) is 1. The van der Waals surface area contributed by atoms with Gasteiger partial charge in [-0.15, -0.1) is 0 Å². The van der Waals surface area contributed by atoms with Crippen molar-refractivity contribution in [2.45, 2.75) is 39.2 Å². The number of rotatable bonds is 11. The van der Waals surface area contributed by atoms with Crippen molar-refractivity contribution in [3.05, 3.63) is 96.3 Å². The molecule has 54 heavy (non-hydrogen) atoms. The average Bonchev–Trinajstić information content (AvgIpc) is 4.11. The number of carbonyl (C=O) groups is 2. The van der Waals surface area contributed by atoms with Gasteiger partial charge in [-0.1, -0.05) is 48.5 Å². The third kappa shape index (κ3) is 6.97. The zero-order valence-corrected chi connectivity index (χ0v) is 29.5. The number of aryl methyl sites for hydroxylation is 1. The Kier molecular flexibility index (Phi) is 9.02. The maximum atomic E-state index is 12.9. The van der Waals surface area contributed by atoms with Gasteiger partial charge in [-0.05, 0) is 77.8 Å². The molecule has 2 saturated carbocycles. The Labute approximate surface area is 311 Å². The highest BCUT2D eigenvalue weighted by atomic mass is 16.2. The lowest BCUT2D eigenvalue weighted by Gasteiger charge is -2.16. The van der Waals surface area contributed by atoms with E-state index in [2.05, 4.69) is 38.1 Å². The SMILES string of the molecule is Cc1ccccc1-c1cc2cc(NC(=O)[C@H]3C[C@@H]3CC#N)ncc2c(NCc2ccccc2-c2cc3cc(NC(=O)[C@@H]4C[C@H]4CC#N)ncc3c(N)n2)n1. The van der Waals surface area contributed by atoms with E-state index >= 15 is 0 Å². The highest BCUT2D eigenvalue weighted by molar-refractivity contribution is 6.00. The lowest BCUT2D eigenvalue weighted by Crippen LogP contribution is -2.15. The molecule has 0 bridgehead atoms. The van der Waals surface area contributed by atoms with E-state index in [4.69, 9.17) is 26.2 Å². The van der Waals surface area contributed by atoms with Crippen LogP contribution in [0.4, 0.5) is 23.3 Å². The van der Waals surface area contributed by atoms with E-state index in [9.17, 15) is 9.59 Å². The van der Waals surface area contributed by atoms with E-state index in [1.54, 1.807) is 18.5 Å². The number of aromatic nitrogens is 4. The van der Waals surface area contributed by atoms with Crippen molar-refractivity contribution in [2.24, 2.45) is 23.7 Å². The van der Waals surface area contributed by atoms with Crippen LogP contribution >= 0.6 is 0 Å². The van der Waals surface area contributed by atoms with Gasteiger partial charge < -0.3 is 21.7 Å². The molecule has 12 nitrogen and oxygen atoms in total. The Hall–Kier alpha value is -6.92. The Morgan fingerprint density at radius 3 is 1.94 bits per heavy atom. The first-order valence-corrected chi connectivity index (χ1v) is 17.9. The minimum absolute atomic E-state index is 0.100. The molecule has 0 aliphatic heterocycles. The molecule has 4 heterocycles. The molecule has 2 amide bonds. The summed E-state index contributed by atoms with van der Waals surface area (Å²) in [5.74, 6) is 1.44. The van der Waals surface area contributed by atoms with Crippen LogP contribution in [-0.2, 0) is 16.1 Å². The van der Waals surface area contributed by atoms with E-state index in [0.717, 1.165) is 44.1 Å². The van der Waals surface area contributed by atoms with Crippen molar-refractivity contribution < 1.29 is 9.59 Å². The van der Waals surface area contributed by atoms with Crippen LogP contribution < -0.4 is 21.7 Å². The fraction of sp³-hybridized carbons (Fsp3) is 0.238. The minimum atomic E-state index is -0.168. The van der Waals surface area contributed by atoms with Gasteiger partial charge in [-0.25, -0.2) is 19.9 Å². The first-order valence-electron chi connectivity index (χ1n) is 17.9. The van der Waals surface area contributed by atoms with Gasteiger partial charge in [0.2, 0.25) is 11.8 Å². The Morgan fingerprint density at radius 2 is 1.31 bits per heavy atom. The number of fused-ring (bicyclic) bond motifs is 2. The number of nitrogens with zero attached hydrogens (tertiary/aromatic N) is 6. The summed E-state index contributed by atoms with van der Waals surface area (Å²) in [6.45, 7) is 2.45. The zero-order chi connectivity index (χ0) is 37.3. The fourth-order valence-corrected chi connectivity index (χ4v) is 7.09. The Balaban J connectivity index is 1.08. The van der Waals surface area contributed by atoms with Crippen LogP contribution in [0.2, 0.25) is 0 Å². The van der Waals surface area contributed by atoms with Crippen LogP contribution in [0.3, 0.4) is 0 Å². The Morgan fingerprint density at radius 1 is 0.759 bits per heavy atom. The molecule has 0 unspecified atom stereocenters. The van der Waals surface area contributed by atoms with E-state index in [1.165, 1.54) is 0 Å². The molecule has 8 rings (SSSR count). The highest BCUT2D eigenvalue weighted by Crippen LogP contribution is 2.43. The molecule has 0 saturated heterocycles. The van der Waals surface area contributed by atoms with Crippen molar-refractivity contribution in [1.82, 2.24) is 19.9 Å². The maximum absolute atomic E-state index is 12.9. The fourth-order valence-electron chi connectivity index (χ4n) is 7.09. The highest BCUT2D eigenvalue weighted by Gasteiger charge is 2.43. The number of anilines is 4. The largest absolute Gasteiger partial charge is 0.383 e. The van der Waals surface area contributed by atoms with E-state index in [-0.39, 0.29) is 35.5 Å². The smallest absolute Gasteiger partial charge is 0.228 e. The zero-order valence-electron chi connectivity index (χ0n) is 29.5. The summed E-state index contributed by atoms with van der Waals surface area (Å²) in [5, 5.41) is 30.5. The number of nitrogens with one attached hydrogen (secondary N) is 3. The van der Waals surface area contributed by atoms with Gasteiger partial charge in [0.05, 0.1) is 23.5 Å². The molecule has 4 atom stereocenters. The number of hydrogen-bond acceptors (Lipinski definition) is 10. The van der Waals surface area contributed by atoms with Gasteiger partial charge in [-0.3, -0.25) is 9.59 Å². The van der Waals surface area contributed by atoms with Crippen molar-refractivity contribution in [2.75, 3.05) is 21.7 Å². The molecule has 2 aliphatic rings. The second kappa shape index (κ2) is 14.2. The second-order valence-electron chi connectivity index (χ2n) is 14.1. The van der Waals surface area contributed by atoms with Crippen molar-refractivity contribution >= 4 is 56.6 Å². The normalized spacial score (nSPS) is 18.4. The molecule has 0 radical (unpaired) electrons. The first-order chi connectivity index (χ1) is 26.3. The van der Waals surface area contributed by atoms with Crippen molar-refractivity contribution in [1.29, 1.82) is 10.5 Å². The molecule has 2 aliphatic carbocycles. The predicted molar refractivity (Wildman–Crippen MR) is 207 cm³/mol. The minimum Gasteiger partial charge on any atom is -0.383 e. The lowest BCUT2D eigenvalue weighted by molar-refractivity contribution is -0.118. The number of benzene rings is 2. The number of hydrogen-bond donors (Lipinski definition) is 4. The van der Waals surface area contributed by atoms with Gasteiger partial charge in [0.15, 0.2) is 0 Å². The summed E-state index contributed by atoms with van der Waals surface area (Å²) >= 11 is 0. The van der Waals surface area contributed by atoms with Gasteiger partial charge in [0.25, 0.3) is 0 Å². The van der Waals surface area contributed by atoms with Crippen molar-refractivity contribution in [3.63, 3.8) is 0 Å². The summed E-state index contributed by atoms with van der Waals surface area (Å²) in [7, 11) is 0. The topological polar surface area (TPSA) is 195 Å². The van der Waals surface area contributed by atoms with Gasteiger partial charge >= 0.3 is 0 Å². The molecule has 4 aromatic heterocycles. The predicted octanol–water partition coefficient (Wildman–Crippen LogP) is 7.39. The van der Waals surface area contributed by atoms with E-state index in [1.807, 2.05) is 73.7 Å².